The van der Waals surface area contributed by atoms with Crippen LogP contribution in [0.25, 0.3) is 72.1 Å². The molecule has 44 heavy (non-hydrogen) atoms. The van der Waals surface area contributed by atoms with Crippen LogP contribution in [0.3, 0.4) is 0 Å². The lowest BCUT2D eigenvalue weighted by Crippen LogP contribution is -2.08. The topological polar surface area (TPSA) is 37.8 Å². The minimum atomic E-state index is 0.712. The molecule has 0 spiro atoms. The second kappa shape index (κ2) is 11.1. The van der Waals surface area contributed by atoms with Gasteiger partial charge in [0.25, 0.3) is 0 Å². The fraction of sp³-hybridized carbons (Fsp3) is 0.0244. The minimum absolute atomic E-state index is 0.712. The molecule has 1 N–H and O–H groups in total. The van der Waals surface area contributed by atoms with E-state index < -0.39 is 0 Å². The summed E-state index contributed by atoms with van der Waals surface area (Å²) >= 11 is 0. The summed E-state index contributed by atoms with van der Waals surface area (Å²) in [6.07, 6.45) is 6.38. The molecule has 0 aliphatic carbocycles. The van der Waals surface area contributed by atoms with Crippen molar-refractivity contribution in [3.05, 3.63) is 163 Å². The van der Waals surface area contributed by atoms with Gasteiger partial charge in [0.05, 0.1) is 11.4 Å². The first-order valence-electron chi connectivity index (χ1n) is 15.0. The highest BCUT2D eigenvalue weighted by Crippen LogP contribution is 2.37. The molecule has 1 aromatic heterocycles. The average molecular weight is 564 g/mol. The standard InChI is InChI=1S/C41H29N3/c1-2-11-28(12-3-1)41-43-39(32-16-8-14-29(23-32)34-18-10-22-42-27-34)26-40(44-41)33-17-9-15-30(24-33)38-25-31-13-4-5-19-35(31)36-20-6-7-21-37(36)38/h1-21,23-27,42H,22H2. The van der Waals surface area contributed by atoms with E-state index in [1.54, 1.807) is 0 Å². The van der Waals surface area contributed by atoms with Crippen LogP contribution in [0.15, 0.2) is 158 Å². The highest BCUT2D eigenvalue weighted by molar-refractivity contribution is 6.13. The lowest BCUT2D eigenvalue weighted by molar-refractivity contribution is 0.976. The Hall–Kier alpha value is -5.80. The number of allylic oxidation sites excluding steroid dienone is 2. The first-order chi connectivity index (χ1) is 21.8. The SMILES string of the molecule is C1=CC(c2cccc(-c3cc(-c4cccc(-c5cc6ccccc6c6ccccc56)c4)nc(-c4ccccc4)n3)c2)=CNC1. The maximum Gasteiger partial charge on any atom is 0.160 e. The lowest BCUT2D eigenvalue weighted by atomic mass is 9.92. The van der Waals surface area contributed by atoms with Crippen molar-refractivity contribution < 1.29 is 0 Å². The first kappa shape index (κ1) is 25.9. The highest BCUT2D eigenvalue weighted by atomic mass is 14.9. The van der Waals surface area contributed by atoms with Crippen molar-refractivity contribution >= 4 is 27.1 Å². The van der Waals surface area contributed by atoms with Crippen LogP contribution in [0.1, 0.15) is 5.56 Å². The normalized spacial score (nSPS) is 12.7. The van der Waals surface area contributed by atoms with Gasteiger partial charge in [-0.1, -0.05) is 127 Å². The van der Waals surface area contributed by atoms with Crippen LogP contribution in [0.4, 0.5) is 0 Å². The van der Waals surface area contributed by atoms with E-state index >= 15 is 0 Å². The number of hydrogen-bond donors (Lipinski definition) is 1. The summed E-state index contributed by atoms with van der Waals surface area (Å²) in [5.74, 6) is 0.712. The number of aromatic nitrogens is 2. The maximum atomic E-state index is 5.12. The van der Waals surface area contributed by atoms with Gasteiger partial charge in [-0.2, -0.15) is 0 Å². The lowest BCUT2D eigenvalue weighted by Gasteiger charge is -2.14. The number of hydrogen-bond acceptors (Lipinski definition) is 3. The van der Waals surface area contributed by atoms with Gasteiger partial charge in [0, 0.05) is 29.4 Å². The average Bonchev–Trinajstić information content (AvgIpc) is 3.12. The van der Waals surface area contributed by atoms with E-state index in [9.17, 15) is 0 Å². The van der Waals surface area contributed by atoms with E-state index in [1.165, 1.54) is 27.1 Å². The second-order valence-corrected chi connectivity index (χ2v) is 11.1. The number of nitrogens with zero attached hydrogens (tertiary/aromatic N) is 2. The highest BCUT2D eigenvalue weighted by Gasteiger charge is 2.14. The Labute approximate surface area is 256 Å². The van der Waals surface area contributed by atoms with Crippen LogP contribution < -0.4 is 5.32 Å². The van der Waals surface area contributed by atoms with Crippen molar-refractivity contribution in [3.63, 3.8) is 0 Å². The van der Waals surface area contributed by atoms with Crippen LogP contribution in [-0.4, -0.2) is 16.5 Å². The molecule has 0 radical (unpaired) electrons. The van der Waals surface area contributed by atoms with Crippen LogP contribution >= 0.6 is 0 Å². The van der Waals surface area contributed by atoms with E-state index in [0.29, 0.717) is 5.82 Å². The van der Waals surface area contributed by atoms with Crippen molar-refractivity contribution in [1.29, 1.82) is 0 Å². The molecule has 0 fully saturated rings. The zero-order chi connectivity index (χ0) is 29.3. The Balaban J connectivity index is 1.29. The smallest absolute Gasteiger partial charge is 0.160 e. The Bertz CT molecular complexity index is 2230. The predicted molar refractivity (Wildman–Crippen MR) is 184 cm³/mol. The van der Waals surface area contributed by atoms with Crippen molar-refractivity contribution in [1.82, 2.24) is 15.3 Å². The van der Waals surface area contributed by atoms with Crippen LogP contribution in [0.2, 0.25) is 0 Å². The quantitative estimate of drug-likeness (QED) is 0.212. The second-order valence-electron chi connectivity index (χ2n) is 11.1. The maximum absolute atomic E-state index is 5.12. The summed E-state index contributed by atoms with van der Waals surface area (Å²) in [4.78, 5) is 10.2. The van der Waals surface area contributed by atoms with Gasteiger partial charge < -0.3 is 5.32 Å². The number of rotatable bonds is 5. The van der Waals surface area contributed by atoms with E-state index in [2.05, 4.69) is 145 Å². The third kappa shape index (κ3) is 4.85. The van der Waals surface area contributed by atoms with E-state index in [-0.39, 0.29) is 0 Å². The zero-order valence-electron chi connectivity index (χ0n) is 24.1. The molecule has 2 heterocycles. The molecule has 6 aromatic carbocycles. The fourth-order valence-corrected chi connectivity index (χ4v) is 6.11. The molecule has 0 saturated carbocycles. The predicted octanol–water partition coefficient (Wildman–Crippen LogP) is 9.95. The molecular formula is C41H29N3. The Kier molecular flexibility index (Phi) is 6.54. The van der Waals surface area contributed by atoms with E-state index in [0.717, 1.165) is 51.3 Å². The largest absolute Gasteiger partial charge is 0.387 e. The van der Waals surface area contributed by atoms with Crippen molar-refractivity contribution in [2.75, 3.05) is 6.54 Å². The summed E-state index contributed by atoms with van der Waals surface area (Å²) < 4.78 is 0. The molecule has 8 rings (SSSR count). The third-order valence-electron chi connectivity index (χ3n) is 8.28. The molecule has 0 amide bonds. The van der Waals surface area contributed by atoms with Crippen LogP contribution in [0.5, 0.6) is 0 Å². The molecule has 3 heteroatoms. The summed E-state index contributed by atoms with van der Waals surface area (Å²) in [7, 11) is 0. The molecule has 0 saturated heterocycles. The van der Waals surface area contributed by atoms with Gasteiger partial charge in [-0.05, 0) is 68.1 Å². The molecule has 0 atom stereocenters. The molecule has 208 valence electrons. The summed E-state index contributed by atoms with van der Waals surface area (Å²) in [5.41, 5.74) is 9.58. The van der Waals surface area contributed by atoms with Gasteiger partial charge >= 0.3 is 0 Å². The number of benzene rings is 6. The van der Waals surface area contributed by atoms with Crippen LogP contribution in [0, 0.1) is 0 Å². The molecule has 1 aliphatic heterocycles. The Morgan fingerprint density at radius 3 is 1.84 bits per heavy atom. The van der Waals surface area contributed by atoms with Crippen molar-refractivity contribution in [2.45, 2.75) is 0 Å². The van der Waals surface area contributed by atoms with Gasteiger partial charge in [-0.3, -0.25) is 0 Å². The molecular weight excluding hydrogens is 534 g/mol. The fourth-order valence-electron chi connectivity index (χ4n) is 6.11. The van der Waals surface area contributed by atoms with Gasteiger partial charge in [0.15, 0.2) is 5.82 Å². The number of nitrogens with one attached hydrogen (secondary N) is 1. The number of fused-ring (bicyclic) bond motifs is 3. The van der Waals surface area contributed by atoms with Gasteiger partial charge in [0.2, 0.25) is 0 Å². The van der Waals surface area contributed by atoms with Crippen molar-refractivity contribution in [3.8, 4) is 45.0 Å². The van der Waals surface area contributed by atoms with E-state index in [4.69, 9.17) is 9.97 Å². The summed E-state index contributed by atoms with van der Waals surface area (Å²) in [6.45, 7) is 0.854. The zero-order valence-corrected chi connectivity index (χ0v) is 24.1. The van der Waals surface area contributed by atoms with Crippen LogP contribution in [-0.2, 0) is 0 Å². The minimum Gasteiger partial charge on any atom is -0.387 e. The first-order valence-corrected chi connectivity index (χ1v) is 15.0. The molecule has 7 aromatic rings. The Morgan fingerprint density at radius 2 is 1.09 bits per heavy atom. The Morgan fingerprint density at radius 1 is 0.477 bits per heavy atom. The van der Waals surface area contributed by atoms with Gasteiger partial charge in [-0.15, -0.1) is 0 Å². The molecule has 0 bridgehead atoms. The summed E-state index contributed by atoms with van der Waals surface area (Å²) in [6, 6.07) is 49.3. The molecule has 0 unspecified atom stereocenters. The van der Waals surface area contributed by atoms with E-state index in [1.807, 2.05) is 18.2 Å². The third-order valence-corrected chi connectivity index (χ3v) is 8.28. The van der Waals surface area contributed by atoms with Gasteiger partial charge in [0.1, 0.15) is 0 Å². The van der Waals surface area contributed by atoms with Crippen molar-refractivity contribution in [2.24, 2.45) is 0 Å². The monoisotopic (exact) mass is 563 g/mol. The number of dihydropyridines is 1. The molecule has 3 nitrogen and oxygen atoms in total. The van der Waals surface area contributed by atoms with Gasteiger partial charge in [-0.25, -0.2) is 9.97 Å². The molecule has 1 aliphatic rings. The summed E-state index contributed by atoms with van der Waals surface area (Å²) in [5, 5.41) is 8.34.